The summed E-state index contributed by atoms with van der Waals surface area (Å²) in [4.78, 5) is 11.8. The molecule has 6 heteroatoms. The summed E-state index contributed by atoms with van der Waals surface area (Å²) < 4.78 is 2.64. The van der Waals surface area contributed by atoms with E-state index in [1.807, 2.05) is 12.3 Å². The Morgan fingerprint density at radius 3 is 3.05 bits per heavy atom. The van der Waals surface area contributed by atoms with Crippen LogP contribution in [-0.4, -0.2) is 22.2 Å². The molecule has 96 valence electrons. The highest BCUT2D eigenvalue weighted by atomic mass is 79.9. The first-order valence-corrected chi connectivity index (χ1v) is 6.44. The van der Waals surface area contributed by atoms with Crippen LogP contribution in [0.4, 0.5) is 0 Å². The second kappa shape index (κ2) is 6.16. The SMILES string of the molecule is N#Cc1cccc(C(=O)NCCn2cc(Br)cn2)c1. The molecule has 0 aliphatic rings. The molecule has 0 unspecified atom stereocenters. The molecule has 5 nitrogen and oxygen atoms in total. The van der Waals surface area contributed by atoms with Crippen molar-refractivity contribution in [2.45, 2.75) is 6.54 Å². The van der Waals surface area contributed by atoms with Crippen molar-refractivity contribution in [3.8, 4) is 6.07 Å². The number of benzene rings is 1. The van der Waals surface area contributed by atoms with E-state index in [9.17, 15) is 4.79 Å². The predicted octanol–water partition coefficient (Wildman–Crippen LogP) is 1.95. The molecule has 0 radical (unpaired) electrons. The Morgan fingerprint density at radius 1 is 1.53 bits per heavy atom. The highest BCUT2D eigenvalue weighted by Crippen LogP contribution is 2.06. The highest BCUT2D eigenvalue weighted by molar-refractivity contribution is 9.10. The number of nitrogens with zero attached hydrogens (tertiary/aromatic N) is 3. The maximum Gasteiger partial charge on any atom is 0.251 e. The molecule has 0 saturated carbocycles. The van der Waals surface area contributed by atoms with Crippen LogP contribution in [0.3, 0.4) is 0 Å². The molecular weight excluding hydrogens is 308 g/mol. The Bertz CT molecular complexity index is 630. The Labute approximate surface area is 119 Å². The first kappa shape index (κ1) is 13.3. The number of carbonyl (C=O) groups is 1. The van der Waals surface area contributed by atoms with E-state index in [-0.39, 0.29) is 5.91 Å². The molecule has 19 heavy (non-hydrogen) atoms. The zero-order chi connectivity index (χ0) is 13.7. The van der Waals surface area contributed by atoms with Crippen LogP contribution in [0.25, 0.3) is 0 Å². The van der Waals surface area contributed by atoms with E-state index in [4.69, 9.17) is 5.26 Å². The zero-order valence-corrected chi connectivity index (χ0v) is 11.6. The molecule has 2 aromatic rings. The molecular formula is C13H11BrN4O. The van der Waals surface area contributed by atoms with Gasteiger partial charge in [-0.05, 0) is 34.1 Å². The molecule has 0 saturated heterocycles. The lowest BCUT2D eigenvalue weighted by molar-refractivity contribution is 0.0952. The molecule has 0 fully saturated rings. The number of hydrogen-bond acceptors (Lipinski definition) is 3. The normalized spacial score (nSPS) is 9.89. The van der Waals surface area contributed by atoms with Gasteiger partial charge >= 0.3 is 0 Å². The summed E-state index contributed by atoms with van der Waals surface area (Å²) in [6.07, 6.45) is 3.53. The minimum atomic E-state index is -0.191. The molecule has 1 aromatic heterocycles. The summed E-state index contributed by atoms with van der Waals surface area (Å²) >= 11 is 3.30. The van der Waals surface area contributed by atoms with Crippen LogP contribution in [0.15, 0.2) is 41.1 Å². The van der Waals surface area contributed by atoms with E-state index < -0.39 is 0 Å². The Hall–Kier alpha value is -2.13. The molecule has 1 amide bonds. The molecule has 1 aromatic carbocycles. The number of hydrogen-bond donors (Lipinski definition) is 1. The largest absolute Gasteiger partial charge is 0.350 e. The molecule has 2 rings (SSSR count). The van der Waals surface area contributed by atoms with Gasteiger partial charge in [0.05, 0.1) is 28.8 Å². The van der Waals surface area contributed by atoms with Crippen LogP contribution < -0.4 is 5.32 Å². The quantitative estimate of drug-likeness (QED) is 0.936. The number of amides is 1. The van der Waals surface area contributed by atoms with Crippen LogP contribution in [0, 0.1) is 11.3 Å². The van der Waals surface area contributed by atoms with Crippen LogP contribution in [0.2, 0.25) is 0 Å². The van der Waals surface area contributed by atoms with Gasteiger partial charge in [-0.2, -0.15) is 10.4 Å². The van der Waals surface area contributed by atoms with Gasteiger partial charge in [-0.1, -0.05) is 6.07 Å². The van der Waals surface area contributed by atoms with Crippen molar-refractivity contribution < 1.29 is 4.79 Å². The third-order valence-corrected chi connectivity index (χ3v) is 2.89. The smallest absolute Gasteiger partial charge is 0.251 e. The highest BCUT2D eigenvalue weighted by Gasteiger charge is 2.05. The van der Waals surface area contributed by atoms with E-state index in [0.29, 0.717) is 24.2 Å². The van der Waals surface area contributed by atoms with Gasteiger partial charge in [0, 0.05) is 18.3 Å². The van der Waals surface area contributed by atoms with Crippen molar-refractivity contribution in [2.75, 3.05) is 6.54 Å². The first-order valence-electron chi connectivity index (χ1n) is 5.65. The zero-order valence-electron chi connectivity index (χ0n) is 10.0. The van der Waals surface area contributed by atoms with E-state index in [1.54, 1.807) is 35.1 Å². The summed E-state index contributed by atoms with van der Waals surface area (Å²) in [5.74, 6) is -0.191. The number of nitrogens with one attached hydrogen (secondary N) is 1. The van der Waals surface area contributed by atoms with Gasteiger partial charge in [-0.3, -0.25) is 9.48 Å². The van der Waals surface area contributed by atoms with Crippen molar-refractivity contribution in [2.24, 2.45) is 0 Å². The maximum absolute atomic E-state index is 11.8. The van der Waals surface area contributed by atoms with Gasteiger partial charge in [0.2, 0.25) is 0 Å². The summed E-state index contributed by atoms with van der Waals surface area (Å²) in [7, 11) is 0. The third-order valence-electron chi connectivity index (χ3n) is 2.48. The fourth-order valence-corrected chi connectivity index (χ4v) is 1.90. The second-order valence-corrected chi connectivity index (χ2v) is 4.79. The van der Waals surface area contributed by atoms with Crippen molar-refractivity contribution in [3.05, 3.63) is 52.3 Å². The minimum Gasteiger partial charge on any atom is -0.350 e. The van der Waals surface area contributed by atoms with Gasteiger partial charge < -0.3 is 5.32 Å². The molecule has 0 spiro atoms. The van der Waals surface area contributed by atoms with E-state index in [2.05, 4.69) is 26.3 Å². The van der Waals surface area contributed by atoms with Crippen LogP contribution in [0.5, 0.6) is 0 Å². The lowest BCUT2D eigenvalue weighted by atomic mass is 10.1. The Balaban J connectivity index is 1.89. The number of halogens is 1. The van der Waals surface area contributed by atoms with Crippen molar-refractivity contribution in [1.29, 1.82) is 5.26 Å². The molecule has 1 N–H and O–H groups in total. The number of carbonyl (C=O) groups excluding carboxylic acids is 1. The summed E-state index contributed by atoms with van der Waals surface area (Å²) in [5, 5.41) is 15.6. The fraction of sp³-hybridized carbons (Fsp3) is 0.154. The first-order chi connectivity index (χ1) is 9.19. The maximum atomic E-state index is 11.8. The third kappa shape index (κ3) is 3.66. The van der Waals surface area contributed by atoms with E-state index in [0.717, 1.165) is 4.47 Å². The second-order valence-electron chi connectivity index (χ2n) is 3.87. The summed E-state index contributed by atoms with van der Waals surface area (Å²) in [5.41, 5.74) is 0.962. The van der Waals surface area contributed by atoms with Gasteiger partial charge in [0.15, 0.2) is 0 Å². The summed E-state index contributed by atoms with van der Waals surface area (Å²) in [6.45, 7) is 1.07. The van der Waals surface area contributed by atoms with Crippen molar-refractivity contribution in [3.63, 3.8) is 0 Å². The summed E-state index contributed by atoms with van der Waals surface area (Å²) in [6, 6.07) is 8.62. The van der Waals surface area contributed by atoms with Crippen LogP contribution in [0.1, 0.15) is 15.9 Å². The predicted molar refractivity (Wildman–Crippen MR) is 73.4 cm³/mol. The monoisotopic (exact) mass is 318 g/mol. The molecule has 0 bridgehead atoms. The van der Waals surface area contributed by atoms with Crippen molar-refractivity contribution in [1.82, 2.24) is 15.1 Å². The molecule has 1 heterocycles. The molecule has 0 aliphatic carbocycles. The standard InChI is InChI=1S/C13H11BrN4O/c14-12-8-17-18(9-12)5-4-16-13(19)11-3-1-2-10(6-11)7-15/h1-3,6,8-9H,4-5H2,(H,16,19). The van der Waals surface area contributed by atoms with Crippen LogP contribution >= 0.6 is 15.9 Å². The number of aromatic nitrogens is 2. The van der Waals surface area contributed by atoms with Gasteiger partial charge in [0.25, 0.3) is 5.91 Å². The average Bonchev–Trinajstić information content (AvgIpc) is 2.84. The average molecular weight is 319 g/mol. The molecule has 0 aliphatic heterocycles. The Morgan fingerprint density at radius 2 is 2.37 bits per heavy atom. The Kier molecular flexibility index (Phi) is 4.31. The van der Waals surface area contributed by atoms with Gasteiger partial charge in [-0.15, -0.1) is 0 Å². The molecule has 0 atom stereocenters. The number of nitriles is 1. The van der Waals surface area contributed by atoms with Gasteiger partial charge in [0.1, 0.15) is 0 Å². The van der Waals surface area contributed by atoms with E-state index in [1.165, 1.54) is 0 Å². The van der Waals surface area contributed by atoms with E-state index >= 15 is 0 Å². The lowest BCUT2D eigenvalue weighted by Gasteiger charge is -2.05. The van der Waals surface area contributed by atoms with Gasteiger partial charge in [-0.25, -0.2) is 0 Å². The topological polar surface area (TPSA) is 70.7 Å². The number of rotatable bonds is 4. The van der Waals surface area contributed by atoms with Crippen molar-refractivity contribution >= 4 is 21.8 Å². The fourth-order valence-electron chi connectivity index (χ4n) is 1.58. The minimum absolute atomic E-state index is 0.191. The van der Waals surface area contributed by atoms with Crippen LogP contribution in [-0.2, 0) is 6.54 Å². The lowest BCUT2D eigenvalue weighted by Crippen LogP contribution is -2.27.